The van der Waals surface area contributed by atoms with E-state index in [1.165, 1.54) is 4.31 Å². The number of halogens is 1. The van der Waals surface area contributed by atoms with E-state index in [4.69, 9.17) is 11.6 Å². The Morgan fingerprint density at radius 3 is 2.17 bits per heavy atom. The maximum absolute atomic E-state index is 12.6. The number of nitrogens with zero attached hydrogens (tertiary/aromatic N) is 2. The van der Waals surface area contributed by atoms with E-state index < -0.39 is 10.0 Å². The highest BCUT2D eigenvalue weighted by molar-refractivity contribution is 7.89. The molecule has 0 unspecified atom stereocenters. The Hall–Kier alpha value is -2.09. The van der Waals surface area contributed by atoms with Gasteiger partial charge >= 0.3 is 0 Å². The molecule has 0 bridgehead atoms. The minimum absolute atomic E-state index is 0.0888. The zero-order valence-corrected chi connectivity index (χ0v) is 18.3. The van der Waals surface area contributed by atoms with E-state index in [-0.39, 0.29) is 18.2 Å². The molecule has 1 saturated heterocycles. The molecular formula is C21H26ClN3O3S. The molecule has 1 fully saturated rings. The number of amides is 1. The number of nitrogens with one attached hydrogen (secondary N) is 1. The molecular weight excluding hydrogens is 410 g/mol. The van der Waals surface area contributed by atoms with Crippen molar-refractivity contribution in [2.45, 2.75) is 13.8 Å². The van der Waals surface area contributed by atoms with Crippen LogP contribution in [0.25, 0.3) is 0 Å². The average Bonchev–Trinajstić information content (AvgIpc) is 2.68. The van der Waals surface area contributed by atoms with E-state index in [1.54, 1.807) is 12.1 Å². The Balaban J connectivity index is 1.50. The highest BCUT2D eigenvalue weighted by Gasteiger charge is 2.27. The van der Waals surface area contributed by atoms with Crippen molar-refractivity contribution >= 4 is 33.2 Å². The number of carbonyl (C=O) groups excluding carboxylic acids is 1. The number of benzene rings is 2. The van der Waals surface area contributed by atoms with Crippen LogP contribution in [0.15, 0.2) is 42.5 Å². The van der Waals surface area contributed by atoms with E-state index in [1.807, 2.05) is 44.2 Å². The van der Waals surface area contributed by atoms with Crippen molar-refractivity contribution in [3.8, 4) is 0 Å². The maximum atomic E-state index is 12.6. The zero-order valence-electron chi connectivity index (χ0n) is 16.7. The van der Waals surface area contributed by atoms with Gasteiger partial charge in [0.25, 0.3) is 5.91 Å². The first-order valence-corrected chi connectivity index (χ1v) is 11.6. The third-order valence-corrected chi connectivity index (χ3v) is 7.08. The lowest BCUT2D eigenvalue weighted by Crippen LogP contribution is -2.50. The van der Waals surface area contributed by atoms with Crippen molar-refractivity contribution in [3.63, 3.8) is 0 Å². The quantitative estimate of drug-likeness (QED) is 0.757. The van der Waals surface area contributed by atoms with Crippen molar-refractivity contribution < 1.29 is 13.2 Å². The van der Waals surface area contributed by atoms with E-state index in [9.17, 15) is 13.2 Å². The summed E-state index contributed by atoms with van der Waals surface area (Å²) in [6, 6.07) is 13.1. The summed E-state index contributed by atoms with van der Waals surface area (Å²) in [4.78, 5) is 14.4. The van der Waals surface area contributed by atoms with Crippen LogP contribution in [0.1, 0.15) is 21.5 Å². The van der Waals surface area contributed by atoms with Crippen molar-refractivity contribution in [2.24, 2.45) is 0 Å². The summed E-state index contributed by atoms with van der Waals surface area (Å²) in [6.07, 6.45) is 0. The van der Waals surface area contributed by atoms with Gasteiger partial charge in [-0.1, -0.05) is 28.8 Å². The molecule has 0 spiro atoms. The molecule has 156 valence electrons. The smallest absolute Gasteiger partial charge is 0.251 e. The molecule has 1 heterocycles. The van der Waals surface area contributed by atoms with Gasteiger partial charge in [0.1, 0.15) is 0 Å². The molecule has 1 amide bonds. The molecule has 1 aliphatic heterocycles. The minimum Gasteiger partial charge on any atom is -0.369 e. The van der Waals surface area contributed by atoms with Gasteiger partial charge in [0, 0.05) is 49.0 Å². The second kappa shape index (κ2) is 9.15. The molecule has 8 heteroatoms. The standard InChI is InChI=1S/C21H26ClN3O3S/c1-16-13-17(2)15-18(14-16)21(26)23-7-12-29(27,28)25-10-8-24(9-11-25)20-5-3-19(22)4-6-20/h3-6,13-15H,7-12H2,1-2H3,(H,23,26). The molecule has 0 atom stereocenters. The predicted octanol–water partition coefficient (Wildman–Crippen LogP) is 2.84. The Morgan fingerprint density at radius 1 is 1.00 bits per heavy atom. The monoisotopic (exact) mass is 435 g/mol. The molecule has 0 saturated carbocycles. The lowest BCUT2D eigenvalue weighted by Gasteiger charge is -2.35. The van der Waals surface area contributed by atoms with Crippen LogP contribution in [0, 0.1) is 13.8 Å². The first kappa shape index (κ1) is 21.6. The number of aryl methyl sites for hydroxylation is 2. The Kier molecular flexibility index (Phi) is 6.82. The van der Waals surface area contributed by atoms with Gasteiger partial charge in [-0.15, -0.1) is 0 Å². The number of sulfonamides is 1. The predicted molar refractivity (Wildman–Crippen MR) is 117 cm³/mol. The highest BCUT2D eigenvalue weighted by atomic mass is 35.5. The summed E-state index contributed by atoms with van der Waals surface area (Å²) in [7, 11) is -3.42. The van der Waals surface area contributed by atoms with Gasteiger partial charge in [-0.2, -0.15) is 4.31 Å². The summed E-state index contributed by atoms with van der Waals surface area (Å²) in [6.45, 7) is 6.04. The largest absolute Gasteiger partial charge is 0.369 e. The van der Waals surface area contributed by atoms with Crippen LogP contribution < -0.4 is 10.2 Å². The van der Waals surface area contributed by atoms with E-state index in [0.717, 1.165) is 16.8 Å². The average molecular weight is 436 g/mol. The van der Waals surface area contributed by atoms with Gasteiger partial charge in [0.15, 0.2) is 0 Å². The number of hydrogen-bond donors (Lipinski definition) is 1. The molecule has 0 aromatic heterocycles. The molecule has 2 aromatic rings. The normalized spacial score (nSPS) is 15.3. The van der Waals surface area contributed by atoms with Crippen LogP contribution in [0.3, 0.4) is 0 Å². The molecule has 2 aromatic carbocycles. The fourth-order valence-electron chi connectivity index (χ4n) is 3.51. The van der Waals surface area contributed by atoms with Gasteiger partial charge in [-0.25, -0.2) is 8.42 Å². The fourth-order valence-corrected chi connectivity index (χ4v) is 4.97. The van der Waals surface area contributed by atoms with Gasteiger partial charge in [0.2, 0.25) is 10.0 Å². The molecule has 6 nitrogen and oxygen atoms in total. The van der Waals surface area contributed by atoms with Crippen LogP contribution in [0.2, 0.25) is 5.02 Å². The minimum atomic E-state index is -3.42. The van der Waals surface area contributed by atoms with Crippen molar-refractivity contribution in [3.05, 3.63) is 64.2 Å². The van der Waals surface area contributed by atoms with Crippen LogP contribution >= 0.6 is 11.6 Å². The van der Waals surface area contributed by atoms with Gasteiger partial charge in [-0.3, -0.25) is 4.79 Å². The number of piperazine rings is 1. The molecule has 29 heavy (non-hydrogen) atoms. The summed E-state index contributed by atoms with van der Waals surface area (Å²) < 4.78 is 26.8. The van der Waals surface area contributed by atoms with Crippen LogP contribution in [-0.2, 0) is 10.0 Å². The first-order valence-electron chi connectivity index (χ1n) is 9.59. The van der Waals surface area contributed by atoms with Crippen LogP contribution in [0.5, 0.6) is 0 Å². The Labute approximate surface area is 177 Å². The molecule has 0 radical (unpaired) electrons. The Bertz CT molecular complexity index is 949. The maximum Gasteiger partial charge on any atom is 0.251 e. The summed E-state index contributed by atoms with van der Waals surface area (Å²) in [5.41, 5.74) is 3.59. The van der Waals surface area contributed by atoms with E-state index in [0.29, 0.717) is 36.8 Å². The number of anilines is 1. The molecule has 1 aliphatic rings. The lowest BCUT2D eigenvalue weighted by atomic mass is 10.1. The first-order chi connectivity index (χ1) is 13.7. The van der Waals surface area contributed by atoms with Crippen molar-refractivity contribution in [1.82, 2.24) is 9.62 Å². The van der Waals surface area contributed by atoms with E-state index >= 15 is 0 Å². The number of rotatable bonds is 6. The third-order valence-electron chi connectivity index (χ3n) is 4.95. The fraction of sp³-hybridized carbons (Fsp3) is 0.381. The number of hydrogen-bond acceptors (Lipinski definition) is 4. The zero-order chi connectivity index (χ0) is 21.0. The summed E-state index contributed by atoms with van der Waals surface area (Å²) in [5.74, 6) is -0.357. The molecule has 1 N–H and O–H groups in total. The topological polar surface area (TPSA) is 69.7 Å². The summed E-state index contributed by atoms with van der Waals surface area (Å²) in [5, 5.41) is 3.40. The lowest BCUT2D eigenvalue weighted by molar-refractivity contribution is 0.0956. The SMILES string of the molecule is Cc1cc(C)cc(C(=O)NCCS(=O)(=O)N2CCN(c3ccc(Cl)cc3)CC2)c1. The van der Waals surface area contributed by atoms with Gasteiger partial charge in [-0.05, 0) is 50.2 Å². The second-order valence-electron chi connectivity index (χ2n) is 7.31. The molecule has 3 rings (SSSR count). The van der Waals surface area contributed by atoms with Crippen LogP contribution in [0.4, 0.5) is 5.69 Å². The molecule has 0 aliphatic carbocycles. The second-order valence-corrected chi connectivity index (χ2v) is 9.84. The highest BCUT2D eigenvalue weighted by Crippen LogP contribution is 2.20. The van der Waals surface area contributed by atoms with E-state index in [2.05, 4.69) is 10.2 Å². The van der Waals surface area contributed by atoms with Crippen molar-refractivity contribution in [2.75, 3.05) is 43.4 Å². The van der Waals surface area contributed by atoms with Crippen LogP contribution in [-0.4, -0.2) is 57.1 Å². The third kappa shape index (κ3) is 5.72. The van der Waals surface area contributed by atoms with Crippen molar-refractivity contribution in [1.29, 1.82) is 0 Å². The van der Waals surface area contributed by atoms with Gasteiger partial charge < -0.3 is 10.2 Å². The Morgan fingerprint density at radius 2 is 1.59 bits per heavy atom. The number of carbonyl (C=O) groups is 1. The van der Waals surface area contributed by atoms with Gasteiger partial charge in [0.05, 0.1) is 5.75 Å². The summed E-state index contributed by atoms with van der Waals surface area (Å²) >= 11 is 5.92.